The average Bonchev–Trinajstić information content (AvgIpc) is 3.05. The molecule has 1 aliphatic rings. The van der Waals surface area contributed by atoms with Gasteiger partial charge in [-0.1, -0.05) is 24.3 Å². The van der Waals surface area contributed by atoms with E-state index in [1.807, 2.05) is 0 Å². The molecule has 1 aliphatic heterocycles. The SMILES string of the molecule is O=[N+]([O-])c1ccc(COc2cccc3c2C(S(=O)(=O)c2ccccc2)CS3(=O)=O)cc1. The molecule has 3 aromatic rings. The highest BCUT2D eigenvalue weighted by Crippen LogP contribution is 2.45. The van der Waals surface area contributed by atoms with Crippen molar-refractivity contribution < 1.29 is 26.5 Å². The minimum absolute atomic E-state index is 0.00734. The predicted octanol–water partition coefficient (Wildman–Crippen LogP) is 3.48. The van der Waals surface area contributed by atoms with Crippen molar-refractivity contribution in [2.75, 3.05) is 5.75 Å². The lowest BCUT2D eigenvalue weighted by Gasteiger charge is -2.16. The maximum atomic E-state index is 13.2. The highest BCUT2D eigenvalue weighted by molar-refractivity contribution is 7.96. The van der Waals surface area contributed by atoms with Gasteiger partial charge in [-0.3, -0.25) is 10.1 Å². The van der Waals surface area contributed by atoms with Gasteiger partial charge in [0.25, 0.3) is 5.69 Å². The number of hydrogen-bond acceptors (Lipinski definition) is 7. The van der Waals surface area contributed by atoms with E-state index in [-0.39, 0.29) is 33.4 Å². The Kier molecular flexibility index (Phi) is 5.28. The van der Waals surface area contributed by atoms with Crippen LogP contribution in [0.15, 0.2) is 82.6 Å². The average molecular weight is 460 g/mol. The number of nitrogens with zero attached hydrogens (tertiary/aromatic N) is 1. The van der Waals surface area contributed by atoms with Crippen LogP contribution < -0.4 is 4.74 Å². The van der Waals surface area contributed by atoms with E-state index < -0.39 is 35.6 Å². The third-order valence-corrected chi connectivity index (χ3v) is 9.13. The van der Waals surface area contributed by atoms with Gasteiger partial charge in [-0.2, -0.15) is 0 Å². The molecule has 3 aromatic carbocycles. The van der Waals surface area contributed by atoms with Gasteiger partial charge in [0.05, 0.1) is 20.5 Å². The molecule has 0 saturated carbocycles. The van der Waals surface area contributed by atoms with Crippen LogP contribution in [0.3, 0.4) is 0 Å². The largest absolute Gasteiger partial charge is 0.489 e. The second kappa shape index (κ2) is 7.78. The first-order valence-electron chi connectivity index (χ1n) is 9.21. The molecule has 0 N–H and O–H groups in total. The van der Waals surface area contributed by atoms with Crippen LogP contribution in [0.4, 0.5) is 5.69 Å². The molecule has 0 aromatic heterocycles. The number of hydrogen-bond donors (Lipinski definition) is 0. The van der Waals surface area contributed by atoms with E-state index in [1.165, 1.54) is 54.6 Å². The standard InChI is InChI=1S/C21H17NO7S2/c23-22(24)16-11-9-15(10-12-16)13-29-18-7-4-8-19-21(18)20(14-30(19,25)26)31(27,28)17-5-2-1-3-6-17/h1-12,20H,13-14H2. The molecule has 4 rings (SSSR count). The summed E-state index contributed by atoms with van der Waals surface area (Å²) in [5, 5.41) is 9.50. The quantitative estimate of drug-likeness (QED) is 0.409. The van der Waals surface area contributed by atoms with Gasteiger partial charge in [-0.15, -0.1) is 0 Å². The van der Waals surface area contributed by atoms with E-state index >= 15 is 0 Å². The normalized spacial score (nSPS) is 17.1. The fourth-order valence-electron chi connectivity index (χ4n) is 3.50. The second-order valence-electron chi connectivity index (χ2n) is 7.01. The first-order chi connectivity index (χ1) is 14.7. The molecule has 0 saturated heterocycles. The monoisotopic (exact) mass is 459 g/mol. The summed E-state index contributed by atoms with van der Waals surface area (Å²) in [7, 11) is -7.78. The Labute approximate surface area is 179 Å². The lowest BCUT2D eigenvalue weighted by Crippen LogP contribution is -2.16. The fourth-order valence-corrected chi connectivity index (χ4v) is 7.86. The first-order valence-corrected chi connectivity index (χ1v) is 12.4. The van der Waals surface area contributed by atoms with Crippen molar-refractivity contribution in [2.24, 2.45) is 0 Å². The van der Waals surface area contributed by atoms with Crippen LogP contribution in [-0.2, 0) is 26.3 Å². The number of nitro benzene ring substituents is 1. The molecule has 0 fully saturated rings. The van der Waals surface area contributed by atoms with Crippen LogP contribution in [0.5, 0.6) is 5.75 Å². The summed E-state index contributed by atoms with van der Waals surface area (Å²) in [6.07, 6.45) is 0. The van der Waals surface area contributed by atoms with Crippen LogP contribution in [0, 0.1) is 10.1 Å². The zero-order valence-corrected chi connectivity index (χ0v) is 17.7. The van der Waals surface area contributed by atoms with Gasteiger partial charge < -0.3 is 4.74 Å². The molecule has 1 unspecified atom stereocenters. The van der Waals surface area contributed by atoms with Gasteiger partial charge in [0.15, 0.2) is 19.7 Å². The van der Waals surface area contributed by atoms with E-state index in [9.17, 15) is 26.9 Å². The molecular weight excluding hydrogens is 442 g/mol. The van der Waals surface area contributed by atoms with E-state index in [4.69, 9.17) is 4.74 Å². The lowest BCUT2D eigenvalue weighted by atomic mass is 10.1. The molecule has 0 aliphatic carbocycles. The minimum atomic E-state index is -3.98. The zero-order chi connectivity index (χ0) is 22.2. The zero-order valence-electron chi connectivity index (χ0n) is 16.0. The summed E-state index contributed by atoms with van der Waals surface area (Å²) in [5.41, 5.74) is 0.671. The Morgan fingerprint density at radius 2 is 1.65 bits per heavy atom. The summed E-state index contributed by atoms with van der Waals surface area (Å²) in [4.78, 5) is 10.3. The Balaban J connectivity index is 1.71. The van der Waals surface area contributed by atoms with E-state index in [0.29, 0.717) is 5.56 Å². The summed E-state index contributed by atoms with van der Waals surface area (Å²) in [5.74, 6) is -0.404. The first kappa shape index (κ1) is 21.0. The van der Waals surface area contributed by atoms with Gasteiger partial charge in [0, 0.05) is 17.7 Å². The highest BCUT2D eigenvalue weighted by Gasteiger charge is 2.45. The van der Waals surface area contributed by atoms with Crippen LogP contribution in [0.25, 0.3) is 0 Å². The topological polar surface area (TPSA) is 121 Å². The Bertz CT molecular complexity index is 1350. The number of sulfone groups is 2. The van der Waals surface area contributed by atoms with E-state index in [0.717, 1.165) is 0 Å². The van der Waals surface area contributed by atoms with Crippen LogP contribution in [0.2, 0.25) is 0 Å². The smallest absolute Gasteiger partial charge is 0.269 e. The summed E-state index contributed by atoms with van der Waals surface area (Å²) in [6.45, 7) is -0.00734. The van der Waals surface area contributed by atoms with E-state index in [2.05, 4.69) is 0 Å². The Morgan fingerprint density at radius 3 is 2.29 bits per heavy atom. The molecular formula is C21H17NO7S2. The molecule has 0 amide bonds. The molecule has 0 radical (unpaired) electrons. The van der Waals surface area contributed by atoms with Crippen molar-refractivity contribution in [3.8, 4) is 5.75 Å². The Hall–Kier alpha value is -3.24. The van der Waals surface area contributed by atoms with E-state index in [1.54, 1.807) is 18.2 Å². The number of ether oxygens (including phenoxy) is 1. The third kappa shape index (κ3) is 3.91. The molecule has 0 bridgehead atoms. The highest BCUT2D eigenvalue weighted by atomic mass is 32.2. The molecule has 1 heterocycles. The van der Waals surface area contributed by atoms with Crippen molar-refractivity contribution in [1.82, 2.24) is 0 Å². The van der Waals surface area contributed by atoms with Crippen molar-refractivity contribution in [3.05, 3.63) is 94.0 Å². The fraction of sp³-hybridized carbons (Fsp3) is 0.143. The molecule has 10 heteroatoms. The molecule has 160 valence electrons. The number of non-ortho nitro benzene ring substituents is 1. The predicted molar refractivity (Wildman–Crippen MR) is 112 cm³/mol. The second-order valence-corrected chi connectivity index (χ2v) is 11.1. The van der Waals surface area contributed by atoms with Gasteiger partial charge in [-0.05, 0) is 42.0 Å². The van der Waals surface area contributed by atoms with Gasteiger partial charge in [0.2, 0.25) is 0 Å². The Morgan fingerprint density at radius 1 is 0.968 bits per heavy atom. The van der Waals surface area contributed by atoms with Gasteiger partial charge in [-0.25, -0.2) is 16.8 Å². The van der Waals surface area contributed by atoms with Crippen LogP contribution >= 0.6 is 0 Å². The molecule has 1 atom stereocenters. The molecule has 8 nitrogen and oxygen atoms in total. The molecule has 31 heavy (non-hydrogen) atoms. The maximum Gasteiger partial charge on any atom is 0.269 e. The third-order valence-electron chi connectivity index (χ3n) is 5.04. The summed E-state index contributed by atoms with van der Waals surface area (Å²) in [6, 6.07) is 17.8. The summed E-state index contributed by atoms with van der Waals surface area (Å²) >= 11 is 0. The van der Waals surface area contributed by atoms with Crippen molar-refractivity contribution in [3.63, 3.8) is 0 Å². The molecule has 0 spiro atoms. The van der Waals surface area contributed by atoms with Crippen LogP contribution in [0.1, 0.15) is 16.4 Å². The van der Waals surface area contributed by atoms with Gasteiger partial charge >= 0.3 is 0 Å². The maximum absolute atomic E-state index is 13.2. The van der Waals surface area contributed by atoms with Crippen LogP contribution in [-0.4, -0.2) is 27.5 Å². The van der Waals surface area contributed by atoms with Crippen molar-refractivity contribution in [2.45, 2.75) is 21.6 Å². The lowest BCUT2D eigenvalue weighted by molar-refractivity contribution is -0.384. The summed E-state index contributed by atoms with van der Waals surface area (Å²) < 4.78 is 57.6. The minimum Gasteiger partial charge on any atom is -0.489 e. The number of benzene rings is 3. The van der Waals surface area contributed by atoms with Crippen molar-refractivity contribution in [1.29, 1.82) is 0 Å². The number of fused-ring (bicyclic) bond motifs is 1. The van der Waals surface area contributed by atoms with Crippen molar-refractivity contribution >= 4 is 25.4 Å². The number of nitro groups is 1. The number of rotatable bonds is 6. The van der Waals surface area contributed by atoms with Gasteiger partial charge in [0.1, 0.15) is 17.6 Å².